The van der Waals surface area contributed by atoms with Crippen LogP contribution in [0.3, 0.4) is 0 Å². The number of benzene rings is 1. The Morgan fingerprint density at radius 3 is 2.82 bits per heavy atom. The lowest BCUT2D eigenvalue weighted by Gasteiger charge is -2.20. The maximum absolute atomic E-state index is 11.9. The molecule has 1 aromatic carbocycles. The Hall–Kier alpha value is -0.870. The van der Waals surface area contributed by atoms with Crippen molar-refractivity contribution in [2.45, 2.75) is 12.3 Å². The van der Waals surface area contributed by atoms with Gasteiger partial charge in [0, 0.05) is 17.3 Å². The highest BCUT2D eigenvalue weighted by molar-refractivity contribution is 8.00. The largest absolute Gasteiger partial charge is 0.484 e. The van der Waals surface area contributed by atoms with Gasteiger partial charge in [-0.15, -0.1) is 11.8 Å². The van der Waals surface area contributed by atoms with Gasteiger partial charge in [-0.25, -0.2) is 0 Å². The summed E-state index contributed by atoms with van der Waals surface area (Å²) in [4.78, 5) is 13.7. The smallest absolute Gasteiger partial charge is 0.261 e. The summed E-state index contributed by atoms with van der Waals surface area (Å²) in [6.07, 6.45) is 0. The molecular formula is C12H14ClNO2S. The van der Waals surface area contributed by atoms with Gasteiger partial charge in [-0.3, -0.25) is 4.79 Å². The predicted octanol–water partition coefficient (Wildman–Crippen LogP) is 2.64. The number of carbonyl (C=O) groups excluding carboxylic acids is 1. The highest BCUT2D eigenvalue weighted by Crippen LogP contribution is 2.23. The van der Waals surface area contributed by atoms with Gasteiger partial charge in [0.05, 0.1) is 5.37 Å². The SMILES string of the molecule is CC1SCCN1C(=O)COc1ccc(Cl)cc1. The first-order valence-electron chi connectivity index (χ1n) is 5.46. The van der Waals surface area contributed by atoms with Crippen LogP contribution >= 0.6 is 23.4 Å². The Morgan fingerprint density at radius 2 is 2.24 bits per heavy atom. The third kappa shape index (κ3) is 3.30. The van der Waals surface area contributed by atoms with Gasteiger partial charge in [-0.1, -0.05) is 11.6 Å². The standard InChI is InChI=1S/C12H14ClNO2S/c1-9-14(6-7-17-9)12(15)8-16-11-4-2-10(13)3-5-11/h2-5,9H,6-8H2,1H3. The van der Waals surface area contributed by atoms with Gasteiger partial charge in [0.2, 0.25) is 0 Å². The second kappa shape index (κ2) is 5.65. The number of hydrogen-bond donors (Lipinski definition) is 0. The van der Waals surface area contributed by atoms with Crippen molar-refractivity contribution < 1.29 is 9.53 Å². The lowest BCUT2D eigenvalue weighted by Crippen LogP contribution is -2.36. The van der Waals surface area contributed by atoms with Gasteiger partial charge >= 0.3 is 0 Å². The molecule has 1 amide bonds. The van der Waals surface area contributed by atoms with Crippen LogP contribution in [0.4, 0.5) is 0 Å². The summed E-state index contributed by atoms with van der Waals surface area (Å²) in [6, 6.07) is 7.01. The molecule has 2 rings (SSSR count). The average Bonchev–Trinajstić information content (AvgIpc) is 2.74. The van der Waals surface area contributed by atoms with E-state index in [1.807, 2.05) is 11.8 Å². The second-order valence-corrected chi connectivity index (χ2v) is 5.66. The molecule has 5 heteroatoms. The summed E-state index contributed by atoms with van der Waals surface area (Å²) in [5.41, 5.74) is 0. The summed E-state index contributed by atoms with van der Waals surface area (Å²) in [7, 11) is 0. The van der Waals surface area contributed by atoms with Crippen molar-refractivity contribution in [2.75, 3.05) is 18.9 Å². The van der Waals surface area contributed by atoms with Crippen LogP contribution in [-0.2, 0) is 4.79 Å². The number of ether oxygens (including phenoxy) is 1. The van der Waals surface area contributed by atoms with Crippen molar-refractivity contribution in [3.05, 3.63) is 29.3 Å². The fraction of sp³-hybridized carbons (Fsp3) is 0.417. The van der Waals surface area contributed by atoms with Crippen molar-refractivity contribution in [3.63, 3.8) is 0 Å². The molecule has 92 valence electrons. The zero-order valence-electron chi connectivity index (χ0n) is 9.56. The number of hydrogen-bond acceptors (Lipinski definition) is 3. The van der Waals surface area contributed by atoms with E-state index in [2.05, 4.69) is 0 Å². The van der Waals surface area contributed by atoms with Crippen molar-refractivity contribution in [1.29, 1.82) is 0 Å². The first-order valence-corrected chi connectivity index (χ1v) is 6.89. The zero-order chi connectivity index (χ0) is 12.3. The first-order chi connectivity index (χ1) is 8.16. The molecule has 1 atom stereocenters. The van der Waals surface area contributed by atoms with E-state index >= 15 is 0 Å². The van der Waals surface area contributed by atoms with Crippen LogP contribution < -0.4 is 4.74 Å². The van der Waals surface area contributed by atoms with Crippen molar-refractivity contribution in [3.8, 4) is 5.75 Å². The van der Waals surface area contributed by atoms with E-state index in [9.17, 15) is 4.79 Å². The molecule has 1 unspecified atom stereocenters. The van der Waals surface area contributed by atoms with Gasteiger partial charge in [0.15, 0.2) is 6.61 Å². The quantitative estimate of drug-likeness (QED) is 0.846. The molecule has 1 aliphatic heterocycles. The molecule has 0 spiro atoms. The van der Waals surface area contributed by atoms with E-state index in [4.69, 9.17) is 16.3 Å². The fourth-order valence-corrected chi connectivity index (χ4v) is 2.85. The Labute approximate surface area is 110 Å². The summed E-state index contributed by atoms with van der Waals surface area (Å²) in [5, 5.41) is 0.921. The Bertz CT molecular complexity index is 396. The monoisotopic (exact) mass is 271 g/mol. The summed E-state index contributed by atoms with van der Waals surface area (Å²) >= 11 is 7.55. The van der Waals surface area contributed by atoms with Crippen LogP contribution in [-0.4, -0.2) is 35.1 Å². The summed E-state index contributed by atoms with van der Waals surface area (Å²) in [5.74, 6) is 1.72. The van der Waals surface area contributed by atoms with E-state index in [1.165, 1.54) is 0 Å². The number of carbonyl (C=O) groups is 1. The Kier molecular flexibility index (Phi) is 4.18. The van der Waals surface area contributed by atoms with E-state index in [-0.39, 0.29) is 17.9 Å². The molecule has 0 bridgehead atoms. The fourth-order valence-electron chi connectivity index (χ4n) is 1.68. The van der Waals surface area contributed by atoms with Crippen LogP contribution in [0.25, 0.3) is 0 Å². The number of nitrogens with zero attached hydrogens (tertiary/aromatic N) is 1. The molecule has 0 aromatic heterocycles. The normalized spacial score (nSPS) is 19.4. The molecular weight excluding hydrogens is 258 g/mol. The lowest BCUT2D eigenvalue weighted by atomic mass is 10.3. The number of amides is 1. The first kappa shape index (κ1) is 12.6. The molecule has 1 saturated heterocycles. The molecule has 1 heterocycles. The van der Waals surface area contributed by atoms with Crippen molar-refractivity contribution in [2.24, 2.45) is 0 Å². The number of thioether (sulfide) groups is 1. The topological polar surface area (TPSA) is 29.5 Å². The minimum absolute atomic E-state index is 0.0393. The van der Waals surface area contributed by atoms with Gasteiger partial charge in [0.25, 0.3) is 5.91 Å². The van der Waals surface area contributed by atoms with E-state index in [0.717, 1.165) is 12.3 Å². The van der Waals surface area contributed by atoms with Crippen LogP contribution in [0.1, 0.15) is 6.92 Å². The highest BCUT2D eigenvalue weighted by Gasteiger charge is 2.25. The highest BCUT2D eigenvalue weighted by atomic mass is 35.5. The second-order valence-electron chi connectivity index (χ2n) is 3.80. The Morgan fingerprint density at radius 1 is 1.53 bits per heavy atom. The third-order valence-electron chi connectivity index (χ3n) is 2.63. The average molecular weight is 272 g/mol. The van der Waals surface area contributed by atoms with Gasteiger partial charge in [-0.05, 0) is 31.2 Å². The number of rotatable bonds is 3. The molecule has 1 aromatic rings. The maximum atomic E-state index is 11.9. The third-order valence-corrected chi connectivity index (χ3v) is 4.03. The van der Waals surface area contributed by atoms with Gasteiger partial charge in [0.1, 0.15) is 5.75 Å². The lowest BCUT2D eigenvalue weighted by molar-refractivity contribution is -0.133. The van der Waals surface area contributed by atoms with Crippen molar-refractivity contribution in [1.82, 2.24) is 4.90 Å². The molecule has 1 fully saturated rings. The van der Waals surface area contributed by atoms with E-state index in [0.29, 0.717) is 10.8 Å². The predicted molar refractivity (Wildman–Crippen MR) is 70.6 cm³/mol. The maximum Gasteiger partial charge on any atom is 0.261 e. The van der Waals surface area contributed by atoms with E-state index < -0.39 is 0 Å². The van der Waals surface area contributed by atoms with Crippen LogP contribution in [0.2, 0.25) is 5.02 Å². The molecule has 0 radical (unpaired) electrons. The Balaban J connectivity index is 1.85. The minimum Gasteiger partial charge on any atom is -0.484 e. The molecule has 0 saturated carbocycles. The van der Waals surface area contributed by atoms with Crippen LogP contribution in [0, 0.1) is 0 Å². The molecule has 0 N–H and O–H groups in total. The van der Waals surface area contributed by atoms with Crippen LogP contribution in [0.5, 0.6) is 5.75 Å². The molecule has 1 aliphatic rings. The van der Waals surface area contributed by atoms with Crippen molar-refractivity contribution >= 4 is 29.3 Å². The van der Waals surface area contributed by atoms with Gasteiger partial charge < -0.3 is 9.64 Å². The summed E-state index contributed by atoms with van der Waals surface area (Å²) < 4.78 is 5.42. The minimum atomic E-state index is 0.0393. The van der Waals surface area contributed by atoms with E-state index in [1.54, 1.807) is 36.0 Å². The summed E-state index contributed by atoms with van der Waals surface area (Å²) in [6.45, 7) is 2.94. The molecule has 3 nitrogen and oxygen atoms in total. The van der Waals surface area contributed by atoms with Crippen LogP contribution in [0.15, 0.2) is 24.3 Å². The van der Waals surface area contributed by atoms with Gasteiger partial charge in [-0.2, -0.15) is 0 Å². The molecule has 17 heavy (non-hydrogen) atoms. The number of halogens is 1. The molecule has 0 aliphatic carbocycles. The zero-order valence-corrected chi connectivity index (χ0v) is 11.1.